The van der Waals surface area contributed by atoms with Gasteiger partial charge >= 0.3 is 12.4 Å². The molecular weight excluding hydrogens is 798 g/mol. The van der Waals surface area contributed by atoms with Gasteiger partial charge in [-0.1, -0.05) is 44.9 Å². The molecule has 1 unspecified atom stereocenters. The molecule has 1 aromatic carbocycles. The molecule has 0 aliphatic carbocycles. The highest BCUT2D eigenvalue weighted by atomic mass is 35.5. The second-order valence-electron chi connectivity index (χ2n) is 14.3. The number of aromatic nitrogens is 1. The first-order valence-corrected chi connectivity index (χ1v) is 20.4. The number of nitrogens with zero attached hydrogens (tertiary/aromatic N) is 3. The van der Waals surface area contributed by atoms with Crippen LogP contribution >= 0.6 is 22.9 Å². The van der Waals surface area contributed by atoms with Gasteiger partial charge in [0.2, 0.25) is 21.5 Å². The molecular formula is C36H39ClF6N4O6S2. The van der Waals surface area contributed by atoms with Crippen molar-refractivity contribution in [2.45, 2.75) is 89.3 Å². The Morgan fingerprint density at radius 2 is 1.76 bits per heavy atom. The zero-order chi connectivity index (χ0) is 40.7. The summed E-state index contributed by atoms with van der Waals surface area (Å²) in [6, 6.07) is 5.15. The lowest BCUT2D eigenvalue weighted by atomic mass is 9.76. The molecule has 2 aliphatic rings. The molecule has 2 aromatic heterocycles. The summed E-state index contributed by atoms with van der Waals surface area (Å²) < 4.78 is 116. The van der Waals surface area contributed by atoms with Crippen molar-refractivity contribution in [2.24, 2.45) is 5.41 Å². The number of sulfonamides is 1. The highest BCUT2D eigenvalue weighted by Crippen LogP contribution is 2.46. The van der Waals surface area contributed by atoms with E-state index in [4.69, 9.17) is 16.3 Å². The summed E-state index contributed by atoms with van der Waals surface area (Å²) in [6.45, 7) is 4.56. The van der Waals surface area contributed by atoms with Gasteiger partial charge in [0.15, 0.2) is 0 Å². The second-order valence-corrected chi connectivity index (χ2v) is 17.4. The summed E-state index contributed by atoms with van der Waals surface area (Å²) >= 11 is 6.64. The van der Waals surface area contributed by atoms with E-state index in [0.29, 0.717) is 28.0 Å². The number of carbonyl (C=O) groups excluding carboxylic acids is 3. The summed E-state index contributed by atoms with van der Waals surface area (Å²) in [5.41, 5.74) is -4.49. The molecule has 3 amide bonds. The number of benzene rings is 1. The number of nitrogens with one attached hydrogen (secondary N) is 1. The number of thiophene rings is 1. The maximum atomic E-state index is 15.5. The van der Waals surface area contributed by atoms with E-state index in [-0.39, 0.29) is 57.4 Å². The molecule has 1 fully saturated rings. The second kappa shape index (κ2) is 15.6. The number of hydrogen-bond acceptors (Lipinski definition) is 8. The van der Waals surface area contributed by atoms with Crippen molar-refractivity contribution in [1.82, 2.24) is 19.5 Å². The first-order valence-electron chi connectivity index (χ1n) is 17.3. The van der Waals surface area contributed by atoms with Gasteiger partial charge in [-0.25, -0.2) is 8.42 Å². The number of ether oxygens (including phenoxy) is 1. The Morgan fingerprint density at radius 3 is 2.38 bits per heavy atom. The minimum Gasteiger partial charge on any atom is -0.474 e. The van der Waals surface area contributed by atoms with E-state index in [0.717, 1.165) is 40.4 Å². The number of hydrogen-bond donors (Lipinski definition) is 1. The van der Waals surface area contributed by atoms with Gasteiger partial charge in [-0.3, -0.25) is 24.1 Å². The van der Waals surface area contributed by atoms with Crippen LogP contribution in [-0.2, 0) is 38.4 Å². The van der Waals surface area contributed by atoms with Gasteiger partial charge in [-0.05, 0) is 61.1 Å². The van der Waals surface area contributed by atoms with E-state index in [1.54, 1.807) is 25.1 Å². The van der Waals surface area contributed by atoms with Crippen LogP contribution in [0.25, 0.3) is 0 Å². The molecule has 19 heteroatoms. The fraction of sp³-hybridized carbons (Fsp3) is 0.500. The van der Waals surface area contributed by atoms with E-state index in [1.165, 1.54) is 18.7 Å². The van der Waals surface area contributed by atoms with Crippen LogP contribution in [0.1, 0.15) is 91.0 Å². The molecule has 3 atom stereocenters. The molecule has 1 saturated heterocycles. The fourth-order valence-corrected chi connectivity index (χ4v) is 8.83. The zero-order valence-corrected chi connectivity index (χ0v) is 32.6. The van der Waals surface area contributed by atoms with Crippen LogP contribution in [0.4, 0.5) is 26.3 Å². The molecule has 2 aliphatic heterocycles. The molecule has 4 heterocycles. The Hall–Kier alpha value is -3.90. The molecule has 10 nitrogen and oxygen atoms in total. The van der Waals surface area contributed by atoms with E-state index in [2.05, 4.69) is 4.98 Å². The van der Waals surface area contributed by atoms with Crippen LogP contribution in [0, 0.1) is 5.41 Å². The van der Waals surface area contributed by atoms with Crippen LogP contribution in [0.5, 0.6) is 5.75 Å². The Morgan fingerprint density at radius 1 is 1.05 bits per heavy atom. The average Bonchev–Trinajstić information content (AvgIpc) is 3.56. The van der Waals surface area contributed by atoms with E-state index < -0.39 is 79.3 Å². The maximum absolute atomic E-state index is 15.5. The van der Waals surface area contributed by atoms with Crippen molar-refractivity contribution < 1.29 is 53.9 Å². The monoisotopic (exact) mass is 836 g/mol. The largest absolute Gasteiger partial charge is 0.474 e. The third kappa shape index (κ3) is 9.06. The molecule has 3 aromatic rings. The first-order chi connectivity index (χ1) is 25.5. The first kappa shape index (κ1) is 42.2. The smallest absolute Gasteiger partial charge is 0.425 e. The Balaban J connectivity index is 1.68. The lowest BCUT2D eigenvalue weighted by Gasteiger charge is -2.52. The number of rotatable bonds is 10. The molecule has 0 spiro atoms. The number of amides is 3. The quantitative estimate of drug-likeness (QED) is 0.208. The van der Waals surface area contributed by atoms with E-state index >= 15 is 4.79 Å². The van der Waals surface area contributed by atoms with Crippen LogP contribution in [0.3, 0.4) is 0 Å². The highest BCUT2D eigenvalue weighted by Gasteiger charge is 2.57. The van der Waals surface area contributed by atoms with Gasteiger partial charge in [0.1, 0.15) is 16.3 Å². The third-order valence-corrected chi connectivity index (χ3v) is 11.6. The molecule has 0 saturated carbocycles. The van der Waals surface area contributed by atoms with Crippen LogP contribution in [0.2, 0.25) is 5.02 Å². The summed E-state index contributed by atoms with van der Waals surface area (Å²) in [5.74, 6) is -3.10. The SMILES string of the molecule is CCC[C@H]1N(C(=O)c2ncccc2C(F)(F)F)CCC[C@]1(Oc1csc(C(F)(F)F)c1)C(=O)N1CCc2cc(Cl)ccc2C1CC(C)(C)C(=O)NS(C)(=O)=O. The minimum atomic E-state index is -4.96. The van der Waals surface area contributed by atoms with Crippen LogP contribution in [-0.4, -0.2) is 71.9 Å². The molecule has 0 bridgehead atoms. The van der Waals surface area contributed by atoms with Crippen molar-refractivity contribution in [3.63, 3.8) is 0 Å². The number of alkyl halides is 6. The Labute approximate surface area is 323 Å². The standard InChI is InChI=1S/C36H39ClF6N4O6S2/c1-5-8-27-34(53-23-18-28(54-20-23)36(41,42)43,13-7-15-47(27)30(48)29-25(35(38,39)40)9-6-14-44-29)32(50)46-16-12-21-17-22(37)10-11-24(21)26(46)19-33(2,3)31(49)45-55(4,51)52/h6,9-11,14,17-18,20,26-27H,5,7-8,12-13,15-16,19H2,1-4H3,(H,45,49)/t26?,27-,34-/m1/s1. The van der Waals surface area contributed by atoms with Gasteiger partial charge in [0.05, 0.1) is 23.9 Å². The highest BCUT2D eigenvalue weighted by molar-refractivity contribution is 7.89. The number of pyridine rings is 1. The topological polar surface area (TPSA) is 126 Å². The van der Waals surface area contributed by atoms with Crippen LogP contribution < -0.4 is 9.46 Å². The van der Waals surface area contributed by atoms with Gasteiger partial charge in [-0.15, -0.1) is 11.3 Å². The lowest BCUT2D eigenvalue weighted by Crippen LogP contribution is -2.68. The van der Waals surface area contributed by atoms with Crippen molar-refractivity contribution in [3.05, 3.63) is 80.3 Å². The number of fused-ring (bicyclic) bond motifs is 1. The molecule has 0 radical (unpaired) electrons. The van der Waals surface area contributed by atoms with Gasteiger partial charge in [-0.2, -0.15) is 26.3 Å². The third-order valence-electron chi connectivity index (χ3n) is 9.84. The Bertz CT molecular complexity index is 2060. The van der Waals surface area contributed by atoms with E-state index in [9.17, 15) is 44.3 Å². The Kier molecular flexibility index (Phi) is 12.0. The maximum Gasteiger partial charge on any atom is 0.425 e. The lowest BCUT2D eigenvalue weighted by molar-refractivity contribution is -0.163. The number of carbonyl (C=O) groups is 3. The summed E-state index contributed by atoms with van der Waals surface area (Å²) in [4.78, 5) is 48.3. The predicted octanol–water partition coefficient (Wildman–Crippen LogP) is 7.67. The van der Waals surface area contributed by atoms with Gasteiger partial charge in [0, 0.05) is 47.6 Å². The van der Waals surface area contributed by atoms with Crippen molar-refractivity contribution in [2.75, 3.05) is 19.3 Å². The normalized spacial score (nSPS) is 20.9. The number of likely N-dealkylation sites (tertiary alicyclic amines) is 1. The van der Waals surface area contributed by atoms with Gasteiger partial charge < -0.3 is 14.5 Å². The predicted molar refractivity (Wildman–Crippen MR) is 192 cm³/mol. The molecule has 300 valence electrons. The average molecular weight is 837 g/mol. The van der Waals surface area contributed by atoms with Crippen molar-refractivity contribution >= 4 is 50.7 Å². The number of halogens is 7. The summed E-state index contributed by atoms with van der Waals surface area (Å²) in [6.07, 6.45) is -7.63. The summed E-state index contributed by atoms with van der Waals surface area (Å²) in [5, 5.41) is 1.47. The van der Waals surface area contributed by atoms with Crippen molar-refractivity contribution in [3.8, 4) is 5.75 Å². The summed E-state index contributed by atoms with van der Waals surface area (Å²) in [7, 11) is -3.99. The zero-order valence-electron chi connectivity index (χ0n) is 30.2. The minimum absolute atomic E-state index is 0.00507. The van der Waals surface area contributed by atoms with Gasteiger partial charge in [0.25, 0.3) is 11.8 Å². The van der Waals surface area contributed by atoms with E-state index in [1.807, 2.05) is 4.72 Å². The number of piperidine rings is 1. The van der Waals surface area contributed by atoms with Crippen LogP contribution in [0.15, 0.2) is 48.0 Å². The molecule has 1 N–H and O–H groups in total. The van der Waals surface area contributed by atoms with Crippen molar-refractivity contribution in [1.29, 1.82) is 0 Å². The fourth-order valence-electron chi connectivity index (χ4n) is 7.35. The molecule has 55 heavy (non-hydrogen) atoms. The molecule has 5 rings (SSSR count).